The molecule has 0 aromatic heterocycles. The van der Waals surface area contributed by atoms with E-state index in [0.717, 1.165) is 4.90 Å². The molecule has 0 saturated carbocycles. The number of carbonyl (C=O) groups excluding carboxylic acids is 2. The highest BCUT2D eigenvalue weighted by atomic mass is 16.5. The van der Waals surface area contributed by atoms with Crippen LogP contribution in [0.1, 0.15) is 13.8 Å². The van der Waals surface area contributed by atoms with Crippen LogP contribution in [-0.4, -0.2) is 83.4 Å². The lowest BCUT2D eigenvalue weighted by molar-refractivity contribution is -0.158. The van der Waals surface area contributed by atoms with Crippen LogP contribution >= 0.6 is 0 Å². The lowest BCUT2D eigenvalue weighted by Gasteiger charge is -2.35. The van der Waals surface area contributed by atoms with Crippen LogP contribution < -0.4 is 0 Å². The van der Waals surface area contributed by atoms with E-state index in [-0.39, 0.29) is 38.5 Å². The first-order valence-electron chi connectivity index (χ1n) is 6.45. The van der Waals surface area contributed by atoms with E-state index in [2.05, 4.69) is 0 Å². The van der Waals surface area contributed by atoms with E-state index in [1.807, 2.05) is 13.8 Å². The number of ether oxygens (including phenoxy) is 1. The lowest BCUT2D eigenvalue weighted by atomic mass is 10.2. The highest BCUT2D eigenvalue weighted by Crippen LogP contribution is 2.11. The molecule has 1 aliphatic heterocycles. The Morgan fingerprint density at radius 1 is 1.16 bits per heavy atom. The summed E-state index contributed by atoms with van der Waals surface area (Å²) in [5, 5.41) is 17.7. The molecule has 2 unspecified atom stereocenters. The molecule has 0 aliphatic carbocycles. The largest absolute Gasteiger partial charge is 0.395 e. The van der Waals surface area contributed by atoms with Crippen molar-refractivity contribution in [1.82, 2.24) is 9.80 Å². The summed E-state index contributed by atoms with van der Waals surface area (Å²) in [7, 11) is 0. The zero-order valence-electron chi connectivity index (χ0n) is 11.4. The van der Waals surface area contributed by atoms with Gasteiger partial charge in [-0.15, -0.1) is 0 Å². The van der Waals surface area contributed by atoms with Gasteiger partial charge in [0.05, 0.1) is 25.4 Å². The Morgan fingerprint density at radius 2 is 1.63 bits per heavy atom. The van der Waals surface area contributed by atoms with Gasteiger partial charge in [0, 0.05) is 26.2 Å². The summed E-state index contributed by atoms with van der Waals surface area (Å²) in [4.78, 5) is 26.7. The first-order valence-corrected chi connectivity index (χ1v) is 6.45. The first-order chi connectivity index (χ1) is 8.99. The van der Waals surface area contributed by atoms with Crippen molar-refractivity contribution >= 4 is 11.8 Å². The van der Waals surface area contributed by atoms with Crippen molar-refractivity contribution in [3.8, 4) is 0 Å². The fraction of sp³-hybridized carbons (Fsp3) is 0.833. The predicted octanol–water partition coefficient (Wildman–Crippen LogP) is -1.56. The maximum absolute atomic E-state index is 12.1. The van der Waals surface area contributed by atoms with Crippen molar-refractivity contribution in [3.63, 3.8) is 0 Å². The number of aliphatic hydroxyl groups is 2. The van der Waals surface area contributed by atoms with Crippen LogP contribution in [0, 0.1) is 0 Å². The number of morpholine rings is 1. The third kappa shape index (κ3) is 4.45. The lowest BCUT2D eigenvalue weighted by Crippen LogP contribution is -2.54. The van der Waals surface area contributed by atoms with Gasteiger partial charge in [-0.25, -0.2) is 0 Å². The molecule has 2 atom stereocenters. The minimum absolute atomic E-state index is 0.0422. The van der Waals surface area contributed by atoms with E-state index in [9.17, 15) is 9.59 Å². The molecule has 110 valence electrons. The van der Waals surface area contributed by atoms with E-state index in [0.29, 0.717) is 13.1 Å². The number of rotatable bonds is 4. The van der Waals surface area contributed by atoms with Gasteiger partial charge in [0.15, 0.2) is 0 Å². The Kier molecular flexibility index (Phi) is 6.20. The summed E-state index contributed by atoms with van der Waals surface area (Å²) in [5.41, 5.74) is 0. The smallest absolute Gasteiger partial charge is 0.312 e. The SMILES string of the molecule is CC1CN(C(=O)C(=O)N(CCO)CCO)CC(C)O1. The Balaban J connectivity index is 2.66. The van der Waals surface area contributed by atoms with Gasteiger partial charge in [-0.2, -0.15) is 0 Å². The molecule has 0 spiro atoms. The zero-order valence-corrected chi connectivity index (χ0v) is 11.4. The second kappa shape index (κ2) is 7.42. The molecule has 0 radical (unpaired) electrons. The predicted molar refractivity (Wildman–Crippen MR) is 67.3 cm³/mol. The van der Waals surface area contributed by atoms with E-state index >= 15 is 0 Å². The summed E-state index contributed by atoms with van der Waals surface area (Å²) in [6.45, 7) is 4.05. The van der Waals surface area contributed by atoms with Gasteiger partial charge in [0.1, 0.15) is 0 Å². The number of hydrogen-bond acceptors (Lipinski definition) is 5. The summed E-state index contributed by atoms with van der Waals surface area (Å²) < 4.78 is 5.50. The van der Waals surface area contributed by atoms with E-state index < -0.39 is 11.8 Å². The molecule has 2 amide bonds. The molecule has 1 rings (SSSR count). The Morgan fingerprint density at radius 3 is 2.05 bits per heavy atom. The maximum Gasteiger partial charge on any atom is 0.312 e. The second-order valence-corrected chi connectivity index (χ2v) is 4.71. The normalized spacial score (nSPS) is 23.3. The molecule has 7 nitrogen and oxygen atoms in total. The molecule has 0 aromatic carbocycles. The number of nitrogens with zero attached hydrogens (tertiary/aromatic N) is 2. The number of aliphatic hydroxyl groups excluding tert-OH is 2. The van der Waals surface area contributed by atoms with Crippen molar-refractivity contribution in [2.45, 2.75) is 26.1 Å². The second-order valence-electron chi connectivity index (χ2n) is 4.71. The molecule has 1 heterocycles. The maximum atomic E-state index is 12.1. The van der Waals surface area contributed by atoms with Crippen molar-refractivity contribution in [2.24, 2.45) is 0 Å². The van der Waals surface area contributed by atoms with Crippen LogP contribution in [0.4, 0.5) is 0 Å². The van der Waals surface area contributed by atoms with Gasteiger partial charge in [-0.05, 0) is 13.8 Å². The summed E-state index contributed by atoms with van der Waals surface area (Å²) in [5.74, 6) is -1.30. The van der Waals surface area contributed by atoms with Crippen molar-refractivity contribution in [3.05, 3.63) is 0 Å². The molecule has 0 aromatic rings. The third-order valence-corrected chi connectivity index (χ3v) is 2.92. The van der Waals surface area contributed by atoms with Gasteiger partial charge < -0.3 is 24.7 Å². The van der Waals surface area contributed by atoms with Crippen LogP contribution in [0.15, 0.2) is 0 Å². The first kappa shape index (κ1) is 15.9. The molecule has 1 fully saturated rings. The standard InChI is InChI=1S/C12H22N2O5/c1-9-7-14(8-10(2)19-9)12(18)11(17)13(3-5-15)4-6-16/h9-10,15-16H,3-8H2,1-2H3. The zero-order chi connectivity index (χ0) is 14.4. The average Bonchev–Trinajstić information content (AvgIpc) is 2.35. The number of carbonyl (C=O) groups is 2. The summed E-state index contributed by atoms with van der Waals surface area (Å²) in [6, 6.07) is 0. The van der Waals surface area contributed by atoms with Gasteiger partial charge in [-0.3, -0.25) is 9.59 Å². The number of hydrogen-bond donors (Lipinski definition) is 2. The Labute approximate surface area is 112 Å². The molecule has 2 N–H and O–H groups in total. The molecule has 7 heteroatoms. The van der Waals surface area contributed by atoms with Crippen molar-refractivity contribution < 1.29 is 24.5 Å². The Bertz CT molecular complexity index is 307. The van der Waals surface area contributed by atoms with E-state index in [1.165, 1.54) is 4.90 Å². The van der Waals surface area contributed by atoms with Gasteiger partial charge in [-0.1, -0.05) is 0 Å². The van der Waals surface area contributed by atoms with Crippen molar-refractivity contribution in [2.75, 3.05) is 39.4 Å². The molecular weight excluding hydrogens is 252 g/mol. The summed E-state index contributed by atoms with van der Waals surface area (Å²) in [6.07, 6.45) is -0.214. The molecular formula is C12H22N2O5. The third-order valence-electron chi connectivity index (χ3n) is 2.92. The van der Waals surface area contributed by atoms with Crippen LogP contribution in [-0.2, 0) is 14.3 Å². The van der Waals surface area contributed by atoms with E-state index in [4.69, 9.17) is 14.9 Å². The topological polar surface area (TPSA) is 90.3 Å². The fourth-order valence-corrected chi connectivity index (χ4v) is 2.17. The monoisotopic (exact) mass is 274 g/mol. The number of amides is 2. The molecule has 0 bridgehead atoms. The minimum atomic E-state index is -0.690. The molecule has 19 heavy (non-hydrogen) atoms. The van der Waals surface area contributed by atoms with Gasteiger partial charge >= 0.3 is 11.8 Å². The quantitative estimate of drug-likeness (QED) is 0.605. The van der Waals surface area contributed by atoms with Crippen LogP contribution in [0.25, 0.3) is 0 Å². The molecule has 1 saturated heterocycles. The fourth-order valence-electron chi connectivity index (χ4n) is 2.17. The van der Waals surface area contributed by atoms with Crippen LogP contribution in [0.5, 0.6) is 0 Å². The molecule has 1 aliphatic rings. The van der Waals surface area contributed by atoms with Gasteiger partial charge in [0.2, 0.25) is 0 Å². The minimum Gasteiger partial charge on any atom is -0.395 e. The van der Waals surface area contributed by atoms with Crippen LogP contribution in [0.2, 0.25) is 0 Å². The van der Waals surface area contributed by atoms with Gasteiger partial charge in [0.25, 0.3) is 0 Å². The highest BCUT2D eigenvalue weighted by molar-refractivity contribution is 6.34. The summed E-state index contributed by atoms with van der Waals surface area (Å²) >= 11 is 0. The van der Waals surface area contributed by atoms with Crippen LogP contribution in [0.3, 0.4) is 0 Å². The van der Waals surface area contributed by atoms with E-state index in [1.54, 1.807) is 0 Å². The average molecular weight is 274 g/mol. The highest BCUT2D eigenvalue weighted by Gasteiger charge is 2.31. The Hall–Kier alpha value is -1.18. The van der Waals surface area contributed by atoms with Crippen molar-refractivity contribution in [1.29, 1.82) is 0 Å².